The van der Waals surface area contributed by atoms with Crippen LogP contribution in [0.15, 0.2) is 42.5 Å². The highest BCUT2D eigenvalue weighted by Gasteiger charge is 2.11. The maximum absolute atomic E-state index is 12.5. The molecule has 7 heteroatoms. The maximum Gasteiger partial charge on any atom is 0.387 e. The van der Waals surface area contributed by atoms with Crippen LogP contribution in [-0.4, -0.2) is 32.8 Å². The van der Waals surface area contributed by atoms with Gasteiger partial charge in [0.1, 0.15) is 5.75 Å². The van der Waals surface area contributed by atoms with Gasteiger partial charge in [0.25, 0.3) is 0 Å². The van der Waals surface area contributed by atoms with Gasteiger partial charge in [0.2, 0.25) is 5.91 Å². The molecule has 0 aliphatic carbocycles. The Bertz CT molecular complexity index is 783. The number of aryl methyl sites for hydroxylation is 1. The molecule has 0 bridgehead atoms. The van der Waals surface area contributed by atoms with Gasteiger partial charge in [0.15, 0.2) is 11.5 Å². The normalized spacial score (nSPS) is 10.7. The van der Waals surface area contributed by atoms with Crippen molar-refractivity contribution < 1.29 is 27.8 Å². The van der Waals surface area contributed by atoms with E-state index in [2.05, 4.69) is 10.1 Å². The number of methoxy groups -OCH3 is 1. The third kappa shape index (κ3) is 8.37. The van der Waals surface area contributed by atoms with Crippen LogP contribution in [0.4, 0.5) is 8.78 Å². The SMILES string of the molecule is COc1ccc(CCNC(=O)CCCCOc2cccc(C)c2)cc1OC(F)F. The monoisotopic (exact) mass is 407 g/mol. The Morgan fingerprint density at radius 3 is 2.66 bits per heavy atom. The highest BCUT2D eigenvalue weighted by Crippen LogP contribution is 2.29. The molecule has 1 N–H and O–H groups in total. The van der Waals surface area contributed by atoms with E-state index in [1.165, 1.54) is 13.2 Å². The molecule has 0 unspecified atom stereocenters. The molecule has 0 aliphatic rings. The van der Waals surface area contributed by atoms with Gasteiger partial charge in [0.05, 0.1) is 13.7 Å². The van der Waals surface area contributed by atoms with E-state index in [1.54, 1.807) is 12.1 Å². The smallest absolute Gasteiger partial charge is 0.387 e. The second-order valence-electron chi connectivity index (χ2n) is 6.59. The van der Waals surface area contributed by atoms with Gasteiger partial charge in [-0.25, -0.2) is 0 Å². The number of hydrogen-bond acceptors (Lipinski definition) is 4. The number of ether oxygens (including phenoxy) is 3. The summed E-state index contributed by atoms with van der Waals surface area (Å²) in [5.74, 6) is 1.02. The number of carbonyl (C=O) groups is 1. The van der Waals surface area contributed by atoms with Gasteiger partial charge in [-0.05, 0) is 61.6 Å². The Morgan fingerprint density at radius 2 is 1.93 bits per heavy atom. The van der Waals surface area contributed by atoms with Crippen LogP contribution in [0.25, 0.3) is 0 Å². The Balaban J connectivity index is 1.64. The Kier molecular flexibility index (Phi) is 9.21. The molecule has 0 heterocycles. The molecule has 0 spiro atoms. The predicted octanol–water partition coefficient (Wildman–Crippen LogP) is 4.51. The summed E-state index contributed by atoms with van der Waals surface area (Å²) in [6.07, 6.45) is 2.44. The summed E-state index contributed by atoms with van der Waals surface area (Å²) < 4.78 is 40.1. The average Bonchev–Trinajstić information content (AvgIpc) is 2.67. The summed E-state index contributed by atoms with van der Waals surface area (Å²) >= 11 is 0. The maximum atomic E-state index is 12.5. The minimum absolute atomic E-state index is 0.0139. The fourth-order valence-electron chi connectivity index (χ4n) is 2.78. The van der Waals surface area contributed by atoms with E-state index in [-0.39, 0.29) is 17.4 Å². The van der Waals surface area contributed by atoms with Crippen molar-refractivity contribution >= 4 is 5.91 Å². The van der Waals surface area contributed by atoms with Gasteiger partial charge in [-0.3, -0.25) is 4.79 Å². The highest BCUT2D eigenvalue weighted by molar-refractivity contribution is 5.75. The van der Waals surface area contributed by atoms with Crippen molar-refractivity contribution in [2.75, 3.05) is 20.3 Å². The molecule has 0 saturated heterocycles. The molecule has 0 aromatic heterocycles. The van der Waals surface area contributed by atoms with Crippen molar-refractivity contribution in [2.24, 2.45) is 0 Å². The number of alkyl halides is 2. The first-order valence-electron chi connectivity index (χ1n) is 9.56. The van der Waals surface area contributed by atoms with Crippen LogP contribution in [0, 0.1) is 6.92 Å². The van der Waals surface area contributed by atoms with Gasteiger partial charge in [-0.15, -0.1) is 0 Å². The topological polar surface area (TPSA) is 56.8 Å². The lowest BCUT2D eigenvalue weighted by Gasteiger charge is -2.12. The van der Waals surface area contributed by atoms with Crippen molar-refractivity contribution in [3.63, 3.8) is 0 Å². The lowest BCUT2D eigenvalue weighted by Crippen LogP contribution is -2.25. The average molecular weight is 407 g/mol. The fourth-order valence-corrected chi connectivity index (χ4v) is 2.78. The number of carbonyl (C=O) groups excluding carboxylic acids is 1. The number of amides is 1. The van der Waals surface area contributed by atoms with Crippen LogP contribution in [0.3, 0.4) is 0 Å². The minimum Gasteiger partial charge on any atom is -0.494 e. The van der Waals surface area contributed by atoms with Gasteiger partial charge >= 0.3 is 6.61 Å². The lowest BCUT2D eigenvalue weighted by molar-refractivity contribution is -0.121. The van der Waals surface area contributed by atoms with E-state index < -0.39 is 6.61 Å². The molecular formula is C22H27F2NO4. The number of rotatable bonds is 12. The Hall–Kier alpha value is -2.83. The molecule has 2 rings (SSSR count). The van der Waals surface area contributed by atoms with E-state index in [9.17, 15) is 13.6 Å². The summed E-state index contributed by atoms with van der Waals surface area (Å²) in [5.41, 5.74) is 1.92. The van der Waals surface area contributed by atoms with Crippen molar-refractivity contribution in [3.8, 4) is 17.2 Å². The molecule has 0 radical (unpaired) electrons. The van der Waals surface area contributed by atoms with Crippen LogP contribution in [0.2, 0.25) is 0 Å². The molecule has 0 aliphatic heterocycles. The Labute approximate surface area is 170 Å². The van der Waals surface area contributed by atoms with Crippen molar-refractivity contribution in [3.05, 3.63) is 53.6 Å². The van der Waals surface area contributed by atoms with Crippen molar-refractivity contribution in [1.29, 1.82) is 0 Å². The quantitative estimate of drug-likeness (QED) is 0.526. The van der Waals surface area contributed by atoms with Crippen LogP contribution >= 0.6 is 0 Å². The van der Waals surface area contributed by atoms with Gasteiger partial charge in [-0.1, -0.05) is 18.2 Å². The first-order valence-corrected chi connectivity index (χ1v) is 9.56. The largest absolute Gasteiger partial charge is 0.494 e. The number of benzene rings is 2. The van der Waals surface area contributed by atoms with E-state index in [0.717, 1.165) is 29.7 Å². The Morgan fingerprint density at radius 1 is 1.10 bits per heavy atom. The standard InChI is InChI=1S/C22H27F2NO4/c1-16-6-5-7-18(14-16)28-13-4-3-8-21(26)25-12-11-17-9-10-19(27-2)20(15-17)29-22(23)24/h5-7,9-10,14-15,22H,3-4,8,11-13H2,1-2H3,(H,25,26). The summed E-state index contributed by atoms with van der Waals surface area (Å²) in [5, 5.41) is 2.84. The third-order valence-corrected chi connectivity index (χ3v) is 4.24. The summed E-state index contributed by atoms with van der Waals surface area (Å²) in [4.78, 5) is 11.9. The number of halogens is 2. The van der Waals surface area contributed by atoms with Gasteiger partial charge in [0, 0.05) is 13.0 Å². The van der Waals surface area contributed by atoms with Gasteiger partial charge < -0.3 is 19.5 Å². The number of hydrogen-bond donors (Lipinski definition) is 1. The zero-order valence-corrected chi connectivity index (χ0v) is 16.8. The van der Waals surface area contributed by atoms with Crippen molar-refractivity contribution in [1.82, 2.24) is 5.32 Å². The predicted molar refractivity (Wildman–Crippen MR) is 107 cm³/mol. The number of nitrogens with one attached hydrogen (secondary N) is 1. The molecule has 5 nitrogen and oxygen atoms in total. The molecule has 2 aromatic carbocycles. The minimum atomic E-state index is -2.92. The first kappa shape index (κ1) is 22.5. The zero-order chi connectivity index (χ0) is 21.1. The zero-order valence-electron chi connectivity index (χ0n) is 16.8. The summed E-state index contributed by atoms with van der Waals surface area (Å²) in [6, 6.07) is 12.7. The van der Waals surface area contributed by atoms with Crippen molar-refractivity contribution in [2.45, 2.75) is 39.2 Å². The molecule has 1 amide bonds. The summed E-state index contributed by atoms with van der Waals surface area (Å²) in [7, 11) is 1.39. The molecule has 0 atom stereocenters. The van der Waals surface area contributed by atoms with Crippen LogP contribution in [0.5, 0.6) is 17.2 Å². The molecule has 0 fully saturated rings. The second kappa shape index (κ2) is 11.9. The van der Waals surface area contributed by atoms with Gasteiger partial charge in [-0.2, -0.15) is 8.78 Å². The molecule has 158 valence electrons. The molecule has 29 heavy (non-hydrogen) atoms. The molecular weight excluding hydrogens is 380 g/mol. The second-order valence-corrected chi connectivity index (χ2v) is 6.59. The van der Waals surface area contributed by atoms with E-state index >= 15 is 0 Å². The van der Waals surface area contributed by atoms with Crippen LogP contribution in [0.1, 0.15) is 30.4 Å². The lowest BCUT2D eigenvalue weighted by atomic mass is 10.1. The highest BCUT2D eigenvalue weighted by atomic mass is 19.3. The molecule has 0 saturated carbocycles. The fraction of sp³-hybridized carbons (Fsp3) is 0.409. The van der Waals surface area contributed by atoms with E-state index in [0.29, 0.717) is 26.0 Å². The third-order valence-electron chi connectivity index (χ3n) is 4.24. The van der Waals surface area contributed by atoms with E-state index in [1.807, 2.05) is 31.2 Å². The molecule has 2 aromatic rings. The first-order chi connectivity index (χ1) is 14.0. The van der Waals surface area contributed by atoms with E-state index in [4.69, 9.17) is 9.47 Å². The van der Waals surface area contributed by atoms with Crippen LogP contribution in [-0.2, 0) is 11.2 Å². The van der Waals surface area contributed by atoms with Crippen LogP contribution < -0.4 is 19.5 Å². The summed E-state index contributed by atoms with van der Waals surface area (Å²) in [6.45, 7) is 0.0680. The number of unbranched alkanes of at least 4 members (excludes halogenated alkanes) is 1.